The first-order valence-electron chi connectivity index (χ1n) is 14.9. The second-order valence-corrected chi connectivity index (χ2v) is 12.6. The van der Waals surface area contributed by atoms with E-state index in [0.29, 0.717) is 36.2 Å². The second kappa shape index (κ2) is 13.6. The number of carbonyl (C=O) groups excluding carboxylic acids is 1. The summed E-state index contributed by atoms with van der Waals surface area (Å²) < 4.78 is 21.8. The summed E-state index contributed by atoms with van der Waals surface area (Å²) in [7, 11) is 2.05. The molecule has 9 nitrogen and oxygen atoms in total. The van der Waals surface area contributed by atoms with Gasteiger partial charge in [-0.25, -0.2) is 4.39 Å². The zero-order valence-corrected chi connectivity index (χ0v) is 26.2. The van der Waals surface area contributed by atoms with E-state index in [1.165, 1.54) is 17.2 Å². The third kappa shape index (κ3) is 7.67. The molecule has 2 fully saturated rings. The molecule has 1 saturated carbocycles. The average molecular weight is 631 g/mol. The molecule has 1 amide bonds. The molecule has 0 spiro atoms. The van der Waals surface area contributed by atoms with Crippen LogP contribution in [-0.2, 0) is 16.9 Å². The fourth-order valence-corrected chi connectivity index (χ4v) is 5.63. The maximum absolute atomic E-state index is 15.8. The summed E-state index contributed by atoms with van der Waals surface area (Å²) in [6.45, 7) is 5.43. The molecule has 3 aliphatic rings. The van der Waals surface area contributed by atoms with E-state index < -0.39 is 29.0 Å². The molecule has 1 saturated heterocycles. The zero-order chi connectivity index (χ0) is 32.2. The molecule has 6 rings (SSSR count). The third-order valence-electron chi connectivity index (χ3n) is 8.53. The number of hydrogen-bond acceptors (Lipinski definition) is 8. The van der Waals surface area contributed by atoms with Gasteiger partial charge in [0, 0.05) is 49.5 Å². The van der Waals surface area contributed by atoms with E-state index in [2.05, 4.69) is 27.9 Å². The quantitative estimate of drug-likeness (QED) is 0.375. The molecular weight excluding hydrogens is 595 g/mol. The van der Waals surface area contributed by atoms with Gasteiger partial charge in [-0.2, -0.15) is 10.5 Å². The number of aromatic nitrogens is 1. The number of nitriles is 2. The summed E-state index contributed by atoms with van der Waals surface area (Å²) in [5.41, 5.74) is -0.497. The van der Waals surface area contributed by atoms with Gasteiger partial charge in [-0.3, -0.25) is 14.7 Å². The molecule has 3 aromatic rings. The van der Waals surface area contributed by atoms with Crippen LogP contribution in [0.1, 0.15) is 58.7 Å². The number of ether oxygens (including phenoxy) is 1. The van der Waals surface area contributed by atoms with E-state index in [1.54, 1.807) is 25.1 Å². The largest absolute Gasteiger partial charge is 0.384 e. The molecule has 234 valence electrons. The van der Waals surface area contributed by atoms with Crippen LogP contribution in [0.15, 0.2) is 60.8 Å². The first-order valence-corrected chi connectivity index (χ1v) is 15.3. The van der Waals surface area contributed by atoms with Crippen LogP contribution in [0.3, 0.4) is 0 Å². The molecule has 1 aromatic heterocycles. The Balaban J connectivity index is 0.000000505. The van der Waals surface area contributed by atoms with Crippen molar-refractivity contribution in [3.63, 3.8) is 0 Å². The minimum Gasteiger partial charge on any atom is -0.384 e. The van der Waals surface area contributed by atoms with E-state index in [-0.39, 0.29) is 24.3 Å². The van der Waals surface area contributed by atoms with Crippen LogP contribution in [0.4, 0.5) is 4.39 Å². The molecule has 45 heavy (non-hydrogen) atoms. The Labute approximate surface area is 268 Å². The lowest BCUT2D eigenvalue weighted by Crippen LogP contribution is -2.49. The van der Waals surface area contributed by atoms with Gasteiger partial charge in [0.15, 0.2) is 6.23 Å². The molecule has 11 heteroatoms. The second-order valence-electron chi connectivity index (χ2n) is 12.2. The van der Waals surface area contributed by atoms with Gasteiger partial charge in [0.25, 0.3) is 5.91 Å². The Morgan fingerprint density at radius 2 is 1.84 bits per heavy atom. The van der Waals surface area contributed by atoms with Crippen LogP contribution in [-0.4, -0.2) is 77.1 Å². The number of likely N-dealkylation sites (N-methyl/N-ethyl adjacent to an activating group) is 1. The van der Waals surface area contributed by atoms with E-state index in [4.69, 9.17) is 21.6 Å². The van der Waals surface area contributed by atoms with Crippen molar-refractivity contribution in [2.45, 2.75) is 38.1 Å². The Morgan fingerprint density at radius 3 is 2.40 bits per heavy atom. The molecule has 2 atom stereocenters. The minimum absolute atomic E-state index is 0.0376. The average Bonchev–Trinajstić information content (AvgIpc) is 3.77. The van der Waals surface area contributed by atoms with Crippen molar-refractivity contribution in [3.05, 3.63) is 99.6 Å². The van der Waals surface area contributed by atoms with Crippen LogP contribution < -0.4 is 0 Å². The summed E-state index contributed by atoms with van der Waals surface area (Å²) in [5.74, 6) is -1.07. The van der Waals surface area contributed by atoms with Crippen LogP contribution >= 0.6 is 11.6 Å². The Morgan fingerprint density at radius 1 is 1.13 bits per heavy atom. The van der Waals surface area contributed by atoms with Crippen molar-refractivity contribution in [2.75, 3.05) is 46.4 Å². The molecule has 0 radical (unpaired) electrons. The number of piperazine rings is 1. The van der Waals surface area contributed by atoms with Crippen molar-refractivity contribution in [1.29, 1.82) is 10.5 Å². The summed E-state index contributed by atoms with van der Waals surface area (Å²) >= 11 is 5.54. The molecule has 0 bridgehead atoms. The predicted molar refractivity (Wildman–Crippen MR) is 166 cm³/mol. The Hall–Kier alpha value is -3.90. The first-order chi connectivity index (χ1) is 21.5. The number of aliphatic hydroxyl groups is 1. The molecule has 1 aliphatic carbocycles. The smallest absolute Gasteiger partial charge is 0.257 e. The summed E-state index contributed by atoms with van der Waals surface area (Å²) in [6.07, 6.45) is 1.79. The van der Waals surface area contributed by atoms with Crippen molar-refractivity contribution in [2.24, 2.45) is 5.41 Å². The van der Waals surface area contributed by atoms with E-state index >= 15 is 4.39 Å². The summed E-state index contributed by atoms with van der Waals surface area (Å²) in [5, 5.41) is 30.7. The number of fused-ring (bicyclic) bond motifs is 1. The number of rotatable bonds is 8. The number of halogens is 2. The summed E-state index contributed by atoms with van der Waals surface area (Å²) in [4.78, 5) is 23.7. The van der Waals surface area contributed by atoms with Crippen LogP contribution in [0, 0.1) is 33.9 Å². The van der Waals surface area contributed by atoms with Crippen LogP contribution in [0.5, 0.6) is 0 Å². The van der Waals surface area contributed by atoms with E-state index in [9.17, 15) is 15.2 Å². The minimum atomic E-state index is -1.37. The predicted octanol–water partition coefficient (Wildman–Crippen LogP) is 4.86. The van der Waals surface area contributed by atoms with Gasteiger partial charge in [0.05, 0.1) is 47.1 Å². The fraction of sp³-hybridized carbons (Fsp3) is 0.412. The lowest BCUT2D eigenvalue weighted by molar-refractivity contribution is -0.0553. The van der Waals surface area contributed by atoms with Gasteiger partial charge >= 0.3 is 0 Å². The highest BCUT2D eigenvalue weighted by Crippen LogP contribution is 2.47. The van der Waals surface area contributed by atoms with Crippen molar-refractivity contribution < 1.29 is 19.0 Å². The first kappa shape index (κ1) is 32.5. The van der Waals surface area contributed by atoms with E-state index in [0.717, 1.165) is 31.2 Å². The molecule has 2 aliphatic heterocycles. The lowest BCUT2D eigenvalue weighted by atomic mass is 9.91. The zero-order valence-electron chi connectivity index (χ0n) is 25.4. The van der Waals surface area contributed by atoms with Crippen molar-refractivity contribution in [3.8, 4) is 12.1 Å². The molecule has 2 aromatic carbocycles. The van der Waals surface area contributed by atoms with Crippen molar-refractivity contribution >= 4 is 17.5 Å². The molecular formula is C34H36ClFN6O3. The lowest BCUT2D eigenvalue weighted by Gasteiger charge is -2.37. The highest BCUT2D eigenvalue weighted by molar-refractivity contribution is 6.30. The highest BCUT2D eigenvalue weighted by Gasteiger charge is 2.47. The number of nitrogens with zero attached hydrogens (tertiary/aromatic N) is 6. The monoisotopic (exact) mass is 630 g/mol. The van der Waals surface area contributed by atoms with Gasteiger partial charge in [-0.15, -0.1) is 0 Å². The molecule has 3 heterocycles. The Kier molecular flexibility index (Phi) is 9.83. The molecule has 2 unspecified atom stereocenters. The highest BCUT2D eigenvalue weighted by atomic mass is 35.5. The van der Waals surface area contributed by atoms with Gasteiger partial charge in [0.2, 0.25) is 0 Å². The van der Waals surface area contributed by atoms with Gasteiger partial charge < -0.3 is 19.6 Å². The molecule has 1 N–H and O–H groups in total. The topological polar surface area (TPSA) is 117 Å². The summed E-state index contributed by atoms with van der Waals surface area (Å²) in [6, 6.07) is 19.8. The normalized spacial score (nSPS) is 20.3. The van der Waals surface area contributed by atoms with E-state index in [1.807, 2.05) is 36.4 Å². The standard InChI is InChI=1S/C28H31FN6O3.C6H5Cl/c1-27(37,17-34-9-7-33(2)8-10-34)20-11-22-24(23(29)12-20)26(38-18-28(16-31)5-6-28)35(25(22)36)15-21-4-3-19(13-30)14-32-21;7-6-4-2-1-3-5-6/h3-4,11-12,14,26,37H,5-10,15,17-18H2,1-2H3;1-5H. The maximum atomic E-state index is 15.8. The number of β-amino-alcohol motifs (C(OH)–C–C–N with tert-alkyl or cyclic N) is 1. The van der Waals surface area contributed by atoms with Gasteiger partial charge in [0.1, 0.15) is 11.9 Å². The number of amides is 1. The number of pyridine rings is 1. The van der Waals surface area contributed by atoms with Crippen LogP contribution in [0.25, 0.3) is 0 Å². The van der Waals surface area contributed by atoms with Gasteiger partial charge in [-0.05, 0) is 68.8 Å². The Bertz CT molecular complexity index is 1590. The number of benzene rings is 2. The fourth-order valence-electron chi connectivity index (χ4n) is 5.49. The maximum Gasteiger partial charge on any atom is 0.257 e. The van der Waals surface area contributed by atoms with Crippen LogP contribution in [0.2, 0.25) is 5.02 Å². The van der Waals surface area contributed by atoms with Crippen molar-refractivity contribution in [1.82, 2.24) is 19.7 Å². The van der Waals surface area contributed by atoms with Gasteiger partial charge in [-0.1, -0.05) is 29.8 Å². The SMILES string of the molecule is CN1CCN(CC(C)(O)c2cc(F)c3c(c2)C(=O)N(Cc2ccc(C#N)cn2)C3OCC2(C#N)CC2)CC1.Clc1ccccc1. The number of hydrogen-bond donors (Lipinski definition) is 1. The number of carbonyl (C=O) groups is 1. The third-order valence-corrected chi connectivity index (χ3v) is 8.78.